The van der Waals surface area contributed by atoms with Crippen molar-refractivity contribution in [2.45, 2.75) is 97.2 Å². The number of hydrogen-bond acceptors (Lipinski definition) is 12. The van der Waals surface area contributed by atoms with Gasteiger partial charge < -0.3 is 36.6 Å². The first-order valence-corrected chi connectivity index (χ1v) is 21.7. The van der Waals surface area contributed by atoms with E-state index in [4.69, 9.17) is 20.4 Å². The number of fused-ring (bicyclic) bond motifs is 2. The summed E-state index contributed by atoms with van der Waals surface area (Å²) in [5.74, 6) is 10.4. The SMILES string of the molecule is CCOC(=O)c1nc(-c2cccc(C#C[C@]3(O)CCN(C)C3=O)c2)nc2c1CC(C)(C)CC2.CN1CC[C@@](O)(C#Cc2cccc(-c3nc4c(c(C(N)=O)n3)CC(C)(C)CC4)c2)C1=O.N. The summed E-state index contributed by atoms with van der Waals surface area (Å²) in [6.45, 7) is 11.7. The molecular weight excluding hydrogens is 825 g/mol. The molecule has 0 radical (unpaired) electrons. The number of aliphatic hydroxyl groups is 2. The van der Waals surface area contributed by atoms with Crippen LogP contribution in [0.1, 0.15) is 115 Å². The van der Waals surface area contributed by atoms with Crippen LogP contribution in [0.3, 0.4) is 0 Å². The van der Waals surface area contributed by atoms with Gasteiger partial charge in [-0.25, -0.2) is 24.7 Å². The molecule has 0 spiro atoms. The number of carbonyl (C=O) groups is 4. The summed E-state index contributed by atoms with van der Waals surface area (Å²) < 4.78 is 5.29. The van der Waals surface area contributed by atoms with Crippen molar-refractivity contribution in [1.82, 2.24) is 35.9 Å². The lowest BCUT2D eigenvalue weighted by atomic mass is 9.75. The number of nitrogens with two attached hydrogens (primary N) is 1. The number of ether oxygens (including phenoxy) is 1. The van der Waals surface area contributed by atoms with Crippen LogP contribution in [0.2, 0.25) is 0 Å². The fourth-order valence-corrected chi connectivity index (χ4v) is 8.49. The van der Waals surface area contributed by atoms with Crippen molar-refractivity contribution in [3.63, 3.8) is 0 Å². The number of esters is 1. The zero-order valence-corrected chi connectivity index (χ0v) is 38.3. The predicted octanol–water partition coefficient (Wildman–Crippen LogP) is 4.64. The Morgan fingerprint density at radius 2 is 1.14 bits per heavy atom. The smallest absolute Gasteiger partial charge is 0.357 e. The van der Waals surface area contributed by atoms with E-state index in [0.29, 0.717) is 59.1 Å². The zero-order valence-electron chi connectivity index (χ0n) is 38.3. The predicted molar refractivity (Wildman–Crippen MR) is 244 cm³/mol. The molecule has 0 bridgehead atoms. The first-order chi connectivity index (χ1) is 30.2. The molecule has 340 valence electrons. The minimum absolute atomic E-state index is 0. The quantitative estimate of drug-likeness (QED) is 0.158. The minimum Gasteiger partial charge on any atom is -0.461 e. The summed E-state index contributed by atoms with van der Waals surface area (Å²) in [7, 11) is 3.30. The van der Waals surface area contributed by atoms with E-state index in [1.165, 1.54) is 9.80 Å². The van der Waals surface area contributed by atoms with Crippen LogP contribution in [0.25, 0.3) is 22.8 Å². The average Bonchev–Trinajstić information content (AvgIpc) is 3.68. The van der Waals surface area contributed by atoms with Crippen LogP contribution in [0.5, 0.6) is 0 Å². The lowest BCUT2D eigenvalue weighted by molar-refractivity contribution is -0.138. The number of likely N-dealkylation sites (N-methyl/N-ethyl adjacent to an activating group) is 2. The van der Waals surface area contributed by atoms with Crippen LogP contribution in [0.15, 0.2) is 48.5 Å². The molecule has 4 aliphatic rings. The fraction of sp³-hybridized carbons (Fsp3) is 0.440. The van der Waals surface area contributed by atoms with Gasteiger partial charge in [0.25, 0.3) is 17.7 Å². The molecule has 4 aromatic rings. The molecule has 65 heavy (non-hydrogen) atoms. The second kappa shape index (κ2) is 18.5. The minimum atomic E-state index is -1.66. The van der Waals surface area contributed by atoms with Gasteiger partial charge in [0, 0.05) is 84.8 Å². The van der Waals surface area contributed by atoms with Gasteiger partial charge in [-0.05, 0) is 80.5 Å². The molecule has 2 atom stereocenters. The third kappa shape index (κ3) is 10.4. The summed E-state index contributed by atoms with van der Waals surface area (Å²) >= 11 is 0. The third-order valence-electron chi connectivity index (χ3n) is 12.4. The van der Waals surface area contributed by atoms with Crippen molar-refractivity contribution >= 4 is 23.7 Å². The van der Waals surface area contributed by atoms with E-state index in [1.807, 2.05) is 30.3 Å². The van der Waals surface area contributed by atoms with Gasteiger partial charge in [0.15, 0.2) is 17.3 Å². The second-order valence-corrected chi connectivity index (χ2v) is 18.7. The van der Waals surface area contributed by atoms with E-state index >= 15 is 0 Å². The number of aryl methyl sites for hydroxylation is 2. The largest absolute Gasteiger partial charge is 0.461 e. The lowest BCUT2D eigenvalue weighted by Crippen LogP contribution is -2.37. The maximum Gasteiger partial charge on any atom is 0.357 e. The van der Waals surface area contributed by atoms with Gasteiger partial charge in [-0.15, -0.1) is 0 Å². The van der Waals surface area contributed by atoms with Crippen molar-refractivity contribution < 1.29 is 34.1 Å². The molecule has 7 N–H and O–H groups in total. The van der Waals surface area contributed by atoms with E-state index in [9.17, 15) is 29.4 Å². The zero-order chi connectivity index (χ0) is 46.2. The van der Waals surface area contributed by atoms with Crippen molar-refractivity contribution in [3.8, 4) is 46.5 Å². The summed E-state index contributed by atoms with van der Waals surface area (Å²) in [5, 5.41) is 21.1. The number of carbonyl (C=O) groups excluding carboxylic acids is 4. The van der Waals surface area contributed by atoms with E-state index in [2.05, 4.69) is 61.3 Å². The average molecular weight is 883 g/mol. The lowest BCUT2D eigenvalue weighted by Gasteiger charge is -2.31. The normalized spacial score (nSPS) is 21.2. The number of rotatable bonds is 5. The number of amides is 3. The van der Waals surface area contributed by atoms with Crippen LogP contribution in [0.4, 0.5) is 0 Å². The standard InChI is InChI=1S/C26H29N3O4.C24H26N4O3.H3N/c1-5-33-23(30)21-19-16-25(2,3)11-10-20(19)27-22(28-21)18-8-6-7-17(15-18)9-12-26(32)13-14-29(4)24(26)31;1-23(2)9-8-18-17(14-23)19(20(25)29)27-21(26-18)16-6-4-5-15(13-16)7-10-24(31)11-12-28(3)22(24)30;/h6-8,15,32H,5,10-11,13-14,16H2,1-4H3;4-6,13,31H,8-9,11-12,14H2,1-3H3,(H2,25,29);1H3/t26-;24-;/m00./s1. The Bertz CT molecular complexity index is 2690. The van der Waals surface area contributed by atoms with E-state index in [1.54, 1.807) is 39.2 Å². The van der Waals surface area contributed by atoms with Crippen molar-refractivity contribution in [2.24, 2.45) is 16.6 Å². The Balaban J connectivity index is 0.000000212. The number of hydrogen-bond donors (Lipinski definition) is 4. The second-order valence-electron chi connectivity index (χ2n) is 18.7. The molecule has 2 aromatic carbocycles. The van der Waals surface area contributed by atoms with Gasteiger partial charge in [0.1, 0.15) is 5.69 Å². The Hall–Kier alpha value is -6.52. The van der Waals surface area contributed by atoms with Gasteiger partial charge in [-0.2, -0.15) is 0 Å². The van der Waals surface area contributed by atoms with Gasteiger partial charge in [0.2, 0.25) is 11.2 Å². The Morgan fingerprint density at radius 3 is 1.54 bits per heavy atom. The summed E-state index contributed by atoms with van der Waals surface area (Å²) in [5.41, 5.74) is 9.20. The number of nitrogens with zero attached hydrogens (tertiary/aromatic N) is 6. The van der Waals surface area contributed by atoms with E-state index in [-0.39, 0.29) is 53.9 Å². The maximum absolute atomic E-state index is 12.7. The monoisotopic (exact) mass is 882 g/mol. The fourth-order valence-electron chi connectivity index (χ4n) is 8.49. The third-order valence-corrected chi connectivity index (χ3v) is 12.4. The summed E-state index contributed by atoms with van der Waals surface area (Å²) in [4.78, 5) is 70.7. The first-order valence-electron chi connectivity index (χ1n) is 21.7. The van der Waals surface area contributed by atoms with E-state index < -0.39 is 23.1 Å². The molecule has 8 rings (SSSR count). The first kappa shape index (κ1) is 47.9. The molecular formula is C50H58N8O7. The highest BCUT2D eigenvalue weighted by molar-refractivity contribution is 5.93. The van der Waals surface area contributed by atoms with Crippen molar-refractivity contribution in [1.29, 1.82) is 0 Å². The van der Waals surface area contributed by atoms with Crippen LogP contribution < -0.4 is 11.9 Å². The van der Waals surface area contributed by atoms with Crippen LogP contribution in [-0.4, -0.2) is 109 Å². The molecule has 0 saturated carbocycles. The molecule has 15 heteroatoms. The number of primary amides is 1. The van der Waals surface area contributed by atoms with Gasteiger partial charge >= 0.3 is 5.97 Å². The molecule has 0 unspecified atom stereocenters. The summed E-state index contributed by atoms with van der Waals surface area (Å²) in [6, 6.07) is 14.5. The Labute approximate surface area is 380 Å². The molecule has 2 aliphatic heterocycles. The van der Waals surface area contributed by atoms with Gasteiger partial charge in [-0.1, -0.05) is 75.6 Å². The van der Waals surface area contributed by atoms with E-state index in [0.717, 1.165) is 54.6 Å². The molecule has 15 nitrogen and oxygen atoms in total. The highest BCUT2D eigenvalue weighted by Gasteiger charge is 2.43. The van der Waals surface area contributed by atoms with Gasteiger partial charge in [-0.3, -0.25) is 14.4 Å². The maximum atomic E-state index is 12.7. The molecule has 2 fully saturated rings. The molecule has 2 aliphatic carbocycles. The Kier molecular flexibility index (Phi) is 13.7. The number of aromatic nitrogens is 4. The molecule has 2 saturated heterocycles. The molecule has 2 aromatic heterocycles. The molecule has 4 heterocycles. The highest BCUT2D eigenvalue weighted by Crippen LogP contribution is 2.38. The summed E-state index contributed by atoms with van der Waals surface area (Å²) in [6.07, 6.45) is 5.49. The highest BCUT2D eigenvalue weighted by atomic mass is 16.5. The van der Waals surface area contributed by atoms with Crippen molar-refractivity contribution in [3.05, 3.63) is 93.6 Å². The van der Waals surface area contributed by atoms with Crippen LogP contribution in [-0.2, 0) is 40.0 Å². The van der Waals surface area contributed by atoms with Crippen LogP contribution >= 0.6 is 0 Å². The Morgan fingerprint density at radius 1 is 0.708 bits per heavy atom. The number of benzene rings is 2. The van der Waals surface area contributed by atoms with Gasteiger partial charge in [0.05, 0.1) is 6.61 Å². The number of likely N-dealkylation sites (tertiary alicyclic amines) is 2. The molecule has 3 amide bonds. The van der Waals surface area contributed by atoms with Crippen molar-refractivity contribution in [2.75, 3.05) is 33.8 Å². The van der Waals surface area contributed by atoms with Crippen LogP contribution in [0, 0.1) is 34.5 Å². The topological polar surface area (TPSA) is 237 Å².